The van der Waals surface area contributed by atoms with Gasteiger partial charge in [-0.1, -0.05) is 0 Å². The topological polar surface area (TPSA) is 127 Å². The Hall–Kier alpha value is -1.52. The van der Waals surface area contributed by atoms with Crippen molar-refractivity contribution >= 4 is 36.8 Å². The molecular weight excluding hydrogens is 486 g/mol. The highest BCUT2D eigenvalue weighted by molar-refractivity contribution is 7.53. The molecule has 0 aliphatic rings. The summed E-state index contributed by atoms with van der Waals surface area (Å²) in [5.74, 6) is 0.388. The Kier molecular flexibility index (Phi) is 13.0. The van der Waals surface area contributed by atoms with Gasteiger partial charge in [-0.2, -0.15) is 0 Å². The summed E-state index contributed by atoms with van der Waals surface area (Å²) in [6, 6.07) is 1.43. The van der Waals surface area contributed by atoms with Gasteiger partial charge in [-0.15, -0.1) is 23.2 Å². The maximum absolute atomic E-state index is 12.6. The minimum Gasteiger partial charge on any atom is -0.493 e. The molecule has 0 amide bonds. The molecule has 13 heteroatoms. The van der Waals surface area contributed by atoms with Crippen LogP contribution in [0.25, 0.3) is 0 Å². The minimum atomic E-state index is -3.86. The minimum absolute atomic E-state index is 0.0547. The fraction of sp³-hybridized carbons (Fsp3) is 0.526. The number of carbonyl (C=O) groups excluding carboxylic acids is 1. The van der Waals surface area contributed by atoms with Crippen LogP contribution in [0.15, 0.2) is 18.4 Å². The zero-order chi connectivity index (χ0) is 24.1. The predicted molar refractivity (Wildman–Crippen MR) is 122 cm³/mol. The Morgan fingerprint density at radius 3 is 2.28 bits per heavy atom. The lowest BCUT2D eigenvalue weighted by Gasteiger charge is -2.25. The van der Waals surface area contributed by atoms with Gasteiger partial charge in [-0.25, -0.2) is 14.6 Å². The monoisotopic (exact) mass is 514 g/mol. The zero-order valence-corrected chi connectivity index (χ0v) is 20.6. The SMILES string of the molecule is COc1cc(C(=O)OC=CCNP(=O)(O)N(CCCl)CCCl)c(CCO)c(OC)c1OC. The number of nitrogens with one attached hydrogen (secondary N) is 1. The van der Waals surface area contributed by atoms with Crippen molar-refractivity contribution in [1.29, 1.82) is 0 Å². The van der Waals surface area contributed by atoms with Crippen LogP contribution in [0, 0.1) is 0 Å². The van der Waals surface area contributed by atoms with E-state index in [-0.39, 0.29) is 67.2 Å². The Balaban J connectivity index is 2.94. The highest BCUT2D eigenvalue weighted by Gasteiger charge is 2.26. The average Bonchev–Trinajstić information content (AvgIpc) is 2.77. The fourth-order valence-corrected chi connectivity index (χ4v) is 4.76. The Bertz CT molecular complexity index is 819. The number of aliphatic hydroxyl groups excluding tert-OH is 1. The molecule has 0 aliphatic heterocycles. The second-order valence-electron chi connectivity index (χ2n) is 6.16. The van der Waals surface area contributed by atoms with E-state index in [4.69, 9.17) is 42.1 Å². The first-order valence-corrected chi connectivity index (χ1v) is 12.2. The molecule has 0 aromatic heterocycles. The molecule has 0 radical (unpaired) electrons. The highest BCUT2D eigenvalue weighted by atomic mass is 35.5. The van der Waals surface area contributed by atoms with Gasteiger partial charge in [-0.05, 0) is 12.1 Å². The summed E-state index contributed by atoms with van der Waals surface area (Å²) in [7, 11) is 0.389. The van der Waals surface area contributed by atoms with Crippen LogP contribution in [0.2, 0.25) is 0 Å². The van der Waals surface area contributed by atoms with E-state index in [2.05, 4.69) is 5.09 Å². The molecule has 1 atom stereocenters. The number of aliphatic hydroxyl groups is 1. The van der Waals surface area contributed by atoms with Crippen molar-refractivity contribution in [1.82, 2.24) is 9.76 Å². The maximum atomic E-state index is 12.6. The standard InChI is InChI=1S/C19H29Cl2N2O8P/c1-28-16-13-15(14(5-11-24)17(29-2)18(16)30-3)19(25)31-12-4-8-22-32(26,27)23(9-6-20)10-7-21/h4,12-13,24H,5-11H2,1-3H3,(H2,22,26,27). The van der Waals surface area contributed by atoms with Gasteiger partial charge in [-0.3, -0.25) is 4.57 Å². The predicted octanol–water partition coefficient (Wildman–Crippen LogP) is 2.39. The van der Waals surface area contributed by atoms with Crippen LogP contribution < -0.4 is 19.3 Å². The third-order valence-electron chi connectivity index (χ3n) is 4.27. The number of hydrogen-bond donors (Lipinski definition) is 3. The molecule has 0 fully saturated rings. The first kappa shape index (κ1) is 28.5. The zero-order valence-electron chi connectivity index (χ0n) is 18.2. The molecule has 0 heterocycles. The van der Waals surface area contributed by atoms with E-state index in [0.717, 1.165) is 6.26 Å². The van der Waals surface area contributed by atoms with E-state index in [0.29, 0.717) is 5.56 Å². The van der Waals surface area contributed by atoms with E-state index in [1.54, 1.807) is 0 Å². The van der Waals surface area contributed by atoms with Gasteiger partial charge in [0.25, 0.3) is 0 Å². The number of alkyl halides is 2. The van der Waals surface area contributed by atoms with E-state index in [1.165, 1.54) is 38.1 Å². The number of methoxy groups -OCH3 is 3. The lowest BCUT2D eigenvalue weighted by Crippen LogP contribution is -2.31. The molecule has 32 heavy (non-hydrogen) atoms. The molecule has 3 N–H and O–H groups in total. The average molecular weight is 515 g/mol. The van der Waals surface area contributed by atoms with E-state index in [9.17, 15) is 19.4 Å². The number of benzene rings is 1. The number of rotatable bonds is 15. The summed E-state index contributed by atoms with van der Waals surface area (Å²) in [5.41, 5.74) is 0.510. The quantitative estimate of drug-likeness (QED) is 0.139. The van der Waals surface area contributed by atoms with Crippen LogP contribution in [0.1, 0.15) is 15.9 Å². The summed E-state index contributed by atoms with van der Waals surface area (Å²) >= 11 is 11.3. The van der Waals surface area contributed by atoms with E-state index >= 15 is 0 Å². The van der Waals surface area contributed by atoms with Gasteiger partial charge in [0.2, 0.25) is 5.75 Å². The van der Waals surface area contributed by atoms with Crippen LogP contribution >= 0.6 is 30.9 Å². The van der Waals surface area contributed by atoms with Crippen molar-refractivity contribution in [2.24, 2.45) is 0 Å². The summed E-state index contributed by atoms with van der Waals surface area (Å²) in [6.07, 6.45) is 2.57. The molecule has 0 saturated carbocycles. The molecule has 182 valence electrons. The fourth-order valence-electron chi connectivity index (χ4n) is 2.83. The summed E-state index contributed by atoms with van der Waals surface area (Å²) in [6.45, 7) is 0.0741. The Labute approximate surface area is 197 Å². The smallest absolute Gasteiger partial charge is 0.343 e. The molecule has 1 aromatic rings. The van der Waals surface area contributed by atoms with Crippen LogP contribution in [-0.2, 0) is 15.7 Å². The van der Waals surface area contributed by atoms with Crippen molar-refractivity contribution in [3.05, 3.63) is 29.5 Å². The van der Waals surface area contributed by atoms with Crippen molar-refractivity contribution in [3.63, 3.8) is 0 Å². The number of halogens is 2. The normalized spacial score (nSPS) is 13.2. The highest BCUT2D eigenvalue weighted by Crippen LogP contribution is 2.42. The van der Waals surface area contributed by atoms with Crippen molar-refractivity contribution in [2.75, 3.05) is 59.3 Å². The molecular formula is C19H29Cl2N2O8P. The van der Waals surface area contributed by atoms with E-state index < -0.39 is 13.6 Å². The van der Waals surface area contributed by atoms with E-state index in [1.807, 2.05) is 0 Å². The third-order valence-corrected chi connectivity index (χ3v) is 6.37. The molecule has 1 rings (SSSR count). The third kappa shape index (κ3) is 7.81. The van der Waals surface area contributed by atoms with Crippen molar-refractivity contribution in [3.8, 4) is 17.2 Å². The number of hydrogen-bond acceptors (Lipinski definition) is 7. The molecule has 0 saturated heterocycles. The summed E-state index contributed by atoms with van der Waals surface area (Å²) in [5, 5.41) is 11.9. The largest absolute Gasteiger partial charge is 0.493 e. The first-order valence-electron chi connectivity index (χ1n) is 9.55. The van der Waals surface area contributed by atoms with Gasteiger partial charge in [0.05, 0.1) is 33.2 Å². The number of carbonyl (C=O) groups is 1. The van der Waals surface area contributed by atoms with Gasteiger partial charge < -0.3 is 28.9 Å². The lowest BCUT2D eigenvalue weighted by molar-refractivity contribution is 0.0660. The first-order chi connectivity index (χ1) is 15.3. The van der Waals surface area contributed by atoms with Gasteiger partial charge in [0.15, 0.2) is 11.5 Å². The van der Waals surface area contributed by atoms with Gasteiger partial charge in [0, 0.05) is 50.0 Å². The van der Waals surface area contributed by atoms with Crippen LogP contribution in [-0.4, -0.2) is 80.0 Å². The number of nitrogens with zero attached hydrogens (tertiary/aromatic N) is 1. The van der Waals surface area contributed by atoms with Gasteiger partial charge >= 0.3 is 13.6 Å². The summed E-state index contributed by atoms with van der Waals surface area (Å²) < 4.78 is 34.7. The summed E-state index contributed by atoms with van der Waals surface area (Å²) in [4.78, 5) is 22.8. The maximum Gasteiger partial charge on any atom is 0.343 e. The van der Waals surface area contributed by atoms with Crippen LogP contribution in [0.3, 0.4) is 0 Å². The number of ether oxygens (including phenoxy) is 4. The Morgan fingerprint density at radius 2 is 1.78 bits per heavy atom. The molecule has 10 nitrogen and oxygen atoms in total. The van der Waals surface area contributed by atoms with Crippen LogP contribution in [0.5, 0.6) is 17.2 Å². The second kappa shape index (κ2) is 14.6. The molecule has 0 spiro atoms. The molecule has 0 aliphatic carbocycles. The lowest BCUT2D eigenvalue weighted by atomic mass is 10.0. The Morgan fingerprint density at radius 1 is 1.16 bits per heavy atom. The van der Waals surface area contributed by atoms with Gasteiger partial charge in [0.1, 0.15) is 0 Å². The van der Waals surface area contributed by atoms with Crippen molar-refractivity contribution < 1.29 is 38.3 Å². The molecule has 0 bridgehead atoms. The van der Waals surface area contributed by atoms with Crippen molar-refractivity contribution in [2.45, 2.75) is 6.42 Å². The molecule has 1 aromatic carbocycles. The molecule has 1 unspecified atom stereocenters. The number of esters is 1. The van der Waals surface area contributed by atoms with Crippen LogP contribution in [0.4, 0.5) is 0 Å². The second-order valence-corrected chi connectivity index (χ2v) is 8.89.